The third kappa shape index (κ3) is 3.73. The smallest absolute Gasteiger partial charge is 0.239 e. The molecule has 0 bridgehead atoms. The summed E-state index contributed by atoms with van der Waals surface area (Å²) < 4.78 is 0. The van der Waals surface area contributed by atoms with Crippen LogP contribution < -0.4 is 10.2 Å². The Morgan fingerprint density at radius 3 is 2.75 bits per heavy atom. The first-order chi connectivity index (χ1) is 11.6. The minimum absolute atomic E-state index is 0.112. The van der Waals surface area contributed by atoms with Crippen molar-refractivity contribution in [2.45, 2.75) is 26.2 Å². The minimum Gasteiger partial charge on any atom is -0.354 e. The average Bonchev–Trinajstić information content (AvgIpc) is 3.17. The second-order valence-electron chi connectivity index (χ2n) is 6.60. The number of nitrogens with one attached hydrogen (secondary N) is 1. The largest absolute Gasteiger partial charge is 0.354 e. The Bertz CT molecular complexity index is 629. The first-order valence-corrected chi connectivity index (χ1v) is 9.01. The predicted octanol–water partition coefficient (Wildman–Crippen LogP) is 2.21. The number of rotatable bonds is 5. The monoisotopic (exact) mass is 349 g/mol. The number of anilines is 1. The van der Waals surface area contributed by atoms with Gasteiger partial charge in [0.25, 0.3) is 0 Å². The SMILES string of the molecule is Cc1cc(Cl)ccc1N1CCC(C(=O)NCCN2CCCC2)C1=O. The second-order valence-corrected chi connectivity index (χ2v) is 7.04. The summed E-state index contributed by atoms with van der Waals surface area (Å²) in [6.45, 7) is 6.21. The van der Waals surface area contributed by atoms with E-state index in [1.165, 1.54) is 12.8 Å². The van der Waals surface area contributed by atoms with Gasteiger partial charge in [0.2, 0.25) is 11.8 Å². The lowest BCUT2D eigenvalue weighted by Gasteiger charge is -2.19. The number of likely N-dealkylation sites (tertiary alicyclic amines) is 1. The molecule has 1 atom stereocenters. The van der Waals surface area contributed by atoms with Crippen molar-refractivity contribution in [1.82, 2.24) is 10.2 Å². The highest BCUT2D eigenvalue weighted by Crippen LogP contribution is 2.29. The van der Waals surface area contributed by atoms with Gasteiger partial charge in [0, 0.05) is 30.3 Å². The van der Waals surface area contributed by atoms with Gasteiger partial charge in [-0.25, -0.2) is 0 Å². The van der Waals surface area contributed by atoms with Crippen LogP contribution in [0.1, 0.15) is 24.8 Å². The van der Waals surface area contributed by atoms with E-state index in [4.69, 9.17) is 11.6 Å². The normalized spacial score (nSPS) is 21.5. The van der Waals surface area contributed by atoms with Gasteiger partial charge in [-0.05, 0) is 63.0 Å². The van der Waals surface area contributed by atoms with Crippen LogP contribution in [-0.2, 0) is 9.59 Å². The van der Waals surface area contributed by atoms with Crippen LogP contribution in [0.4, 0.5) is 5.69 Å². The van der Waals surface area contributed by atoms with E-state index in [1.807, 2.05) is 19.1 Å². The van der Waals surface area contributed by atoms with Crippen molar-refractivity contribution in [3.8, 4) is 0 Å². The molecule has 5 nitrogen and oxygen atoms in total. The van der Waals surface area contributed by atoms with Crippen LogP contribution in [-0.4, -0.2) is 49.4 Å². The zero-order valence-corrected chi connectivity index (χ0v) is 14.8. The zero-order chi connectivity index (χ0) is 17.1. The third-order valence-corrected chi connectivity index (χ3v) is 5.13. The van der Waals surface area contributed by atoms with Crippen molar-refractivity contribution in [3.63, 3.8) is 0 Å². The Morgan fingerprint density at radius 1 is 1.29 bits per heavy atom. The van der Waals surface area contributed by atoms with Gasteiger partial charge in [-0.2, -0.15) is 0 Å². The topological polar surface area (TPSA) is 52.7 Å². The fourth-order valence-electron chi connectivity index (χ4n) is 3.55. The summed E-state index contributed by atoms with van der Waals surface area (Å²) in [5.41, 5.74) is 1.79. The maximum atomic E-state index is 12.6. The Morgan fingerprint density at radius 2 is 2.04 bits per heavy atom. The summed E-state index contributed by atoms with van der Waals surface area (Å²) >= 11 is 5.98. The molecule has 0 saturated carbocycles. The highest BCUT2D eigenvalue weighted by molar-refractivity contribution is 6.30. The first kappa shape index (κ1) is 17.2. The van der Waals surface area contributed by atoms with Crippen molar-refractivity contribution in [2.75, 3.05) is 37.6 Å². The Balaban J connectivity index is 1.55. The summed E-state index contributed by atoms with van der Waals surface area (Å²) in [5, 5.41) is 3.58. The molecule has 1 unspecified atom stereocenters. The molecule has 6 heteroatoms. The number of halogens is 1. The molecular formula is C18H24ClN3O2. The Labute approximate surface area is 147 Å². The van der Waals surface area contributed by atoms with Gasteiger partial charge in [-0.15, -0.1) is 0 Å². The standard InChI is InChI=1S/C18H24ClN3O2/c1-13-12-14(19)4-5-16(13)22-10-6-15(18(22)24)17(23)20-7-11-21-8-2-3-9-21/h4-5,12,15H,2-3,6-11H2,1H3,(H,20,23). The van der Waals surface area contributed by atoms with Crippen LogP contribution in [0.25, 0.3) is 0 Å². The Kier molecular flexibility index (Phi) is 5.41. The fourth-order valence-corrected chi connectivity index (χ4v) is 3.78. The molecule has 2 amide bonds. The van der Waals surface area contributed by atoms with Gasteiger partial charge < -0.3 is 15.1 Å². The van der Waals surface area contributed by atoms with E-state index in [0.717, 1.165) is 30.9 Å². The third-order valence-electron chi connectivity index (χ3n) is 4.90. The van der Waals surface area contributed by atoms with Crippen molar-refractivity contribution < 1.29 is 9.59 Å². The molecule has 2 aliphatic heterocycles. The number of hydrogen-bond donors (Lipinski definition) is 1. The molecule has 1 aromatic carbocycles. The van der Waals surface area contributed by atoms with Gasteiger partial charge in [-0.1, -0.05) is 11.6 Å². The molecule has 1 aromatic rings. The van der Waals surface area contributed by atoms with E-state index >= 15 is 0 Å². The summed E-state index contributed by atoms with van der Waals surface area (Å²) in [4.78, 5) is 29.0. The van der Waals surface area contributed by atoms with Gasteiger partial charge in [0.05, 0.1) is 0 Å². The Hall–Kier alpha value is -1.59. The van der Waals surface area contributed by atoms with Gasteiger partial charge >= 0.3 is 0 Å². The molecule has 2 heterocycles. The van der Waals surface area contributed by atoms with Crippen LogP contribution >= 0.6 is 11.6 Å². The molecule has 2 fully saturated rings. The van der Waals surface area contributed by atoms with E-state index in [9.17, 15) is 9.59 Å². The molecule has 3 rings (SSSR count). The molecule has 2 aliphatic rings. The predicted molar refractivity (Wildman–Crippen MR) is 95.3 cm³/mol. The van der Waals surface area contributed by atoms with Crippen LogP contribution in [0.3, 0.4) is 0 Å². The molecule has 0 radical (unpaired) electrons. The molecule has 0 aliphatic carbocycles. The molecule has 0 spiro atoms. The molecule has 130 valence electrons. The van der Waals surface area contributed by atoms with Gasteiger partial charge in [0.1, 0.15) is 5.92 Å². The minimum atomic E-state index is -0.571. The quantitative estimate of drug-likeness (QED) is 0.829. The lowest BCUT2D eigenvalue weighted by molar-refractivity contribution is -0.132. The molecule has 2 saturated heterocycles. The van der Waals surface area contributed by atoms with Crippen molar-refractivity contribution in [3.05, 3.63) is 28.8 Å². The number of benzene rings is 1. The lowest BCUT2D eigenvalue weighted by Crippen LogP contribution is -2.40. The number of aryl methyl sites for hydroxylation is 1. The van der Waals surface area contributed by atoms with E-state index in [-0.39, 0.29) is 11.8 Å². The highest BCUT2D eigenvalue weighted by Gasteiger charge is 2.37. The van der Waals surface area contributed by atoms with Crippen molar-refractivity contribution in [2.24, 2.45) is 5.92 Å². The lowest BCUT2D eigenvalue weighted by atomic mass is 10.1. The average molecular weight is 350 g/mol. The van der Waals surface area contributed by atoms with Crippen LogP contribution in [0, 0.1) is 12.8 Å². The van der Waals surface area contributed by atoms with Crippen molar-refractivity contribution in [1.29, 1.82) is 0 Å². The zero-order valence-electron chi connectivity index (χ0n) is 14.1. The number of carbonyl (C=O) groups is 2. The maximum absolute atomic E-state index is 12.6. The number of amides is 2. The fraction of sp³-hybridized carbons (Fsp3) is 0.556. The number of nitrogens with zero attached hydrogens (tertiary/aromatic N) is 2. The number of carbonyl (C=O) groups excluding carboxylic acids is 2. The summed E-state index contributed by atoms with van der Waals surface area (Å²) in [6, 6.07) is 5.47. The van der Waals surface area contributed by atoms with E-state index < -0.39 is 5.92 Å². The van der Waals surface area contributed by atoms with Crippen LogP contribution in [0.15, 0.2) is 18.2 Å². The van der Waals surface area contributed by atoms with Crippen molar-refractivity contribution >= 4 is 29.1 Å². The van der Waals surface area contributed by atoms with E-state index in [2.05, 4.69) is 10.2 Å². The number of hydrogen-bond acceptors (Lipinski definition) is 3. The van der Waals surface area contributed by atoms with Gasteiger partial charge in [0.15, 0.2) is 0 Å². The first-order valence-electron chi connectivity index (χ1n) is 8.64. The maximum Gasteiger partial charge on any atom is 0.239 e. The molecular weight excluding hydrogens is 326 g/mol. The molecule has 0 aromatic heterocycles. The van der Waals surface area contributed by atoms with E-state index in [1.54, 1.807) is 11.0 Å². The summed E-state index contributed by atoms with van der Waals surface area (Å²) in [6.07, 6.45) is 3.05. The molecule has 1 N–H and O–H groups in total. The summed E-state index contributed by atoms with van der Waals surface area (Å²) in [5.74, 6) is -0.828. The van der Waals surface area contributed by atoms with E-state index in [0.29, 0.717) is 24.5 Å². The highest BCUT2D eigenvalue weighted by atomic mass is 35.5. The molecule has 24 heavy (non-hydrogen) atoms. The second kappa shape index (κ2) is 7.53. The van der Waals surface area contributed by atoms with Crippen LogP contribution in [0.2, 0.25) is 5.02 Å². The summed E-state index contributed by atoms with van der Waals surface area (Å²) in [7, 11) is 0. The van der Waals surface area contributed by atoms with Gasteiger partial charge in [-0.3, -0.25) is 9.59 Å². The van der Waals surface area contributed by atoms with Crippen LogP contribution in [0.5, 0.6) is 0 Å².